The Kier molecular flexibility index (Phi) is 3.00. The molecule has 1 aliphatic heterocycles. The molecule has 0 bridgehead atoms. The van der Waals surface area contributed by atoms with Crippen LogP contribution in [-0.4, -0.2) is 18.2 Å². The average Bonchev–Trinajstić information content (AvgIpc) is 2.77. The number of aryl methyl sites for hydroxylation is 1. The molecule has 2 heterocycles. The van der Waals surface area contributed by atoms with Crippen molar-refractivity contribution >= 4 is 10.9 Å². The molecule has 1 aromatic carbocycles. The highest BCUT2D eigenvalue weighted by Gasteiger charge is 2.18. The van der Waals surface area contributed by atoms with Gasteiger partial charge in [0.25, 0.3) is 0 Å². The molecule has 3 rings (SSSR count). The smallest absolute Gasteiger partial charge is 0.120 e. The van der Waals surface area contributed by atoms with Gasteiger partial charge < -0.3 is 14.6 Å². The first kappa shape index (κ1) is 11.6. The van der Waals surface area contributed by atoms with E-state index in [2.05, 4.69) is 35.1 Å². The number of hydrogen-bond acceptors (Lipinski definition) is 2. The van der Waals surface area contributed by atoms with Crippen molar-refractivity contribution in [2.24, 2.45) is 7.05 Å². The van der Waals surface area contributed by atoms with E-state index in [1.54, 1.807) is 7.11 Å². The predicted octanol–water partition coefficient (Wildman–Crippen LogP) is 3.00. The SMILES string of the molecule is COc1ccc2cc(C3CCCCN3)n(C)c2c1. The topological polar surface area (TPSA) is 26.2 Å². The molecule has 18 heavy (non-hydrogen) atoms. The fourth-order valence-electron chi connectivity index (χ4n) is 2.90. The highest BCUT2D eigenvalue weighted by atomic mass is 16.5. The first-order valence-corrected chi connectivity index (χ1v) is 6.66. The van der Waals surface area contributed by atoms with Gasteiger partial charge in [0.1, 0.15) is 5.75 Å². The van der Waals surface area contributed by atoms with Gasteiger partial charge in [-0.1, -0.05) is 6.42 Å². The first-order chi connectivity index (χ1) is 8.79. The lowest BCUT2D eigenvalue weighted by Crippen LogP contribution is -2.28. The maximum absolute atomic E-state index is 5.30. The van der Waals surface area contributed by atoms with Gasteiger partial charge in [0, 0.05) is 30.2 Å². The molecule has 1 fully saturated rings. The van der Waals surface area contributed by atoms with Gasteiger partial charge in [-0.3, -0.25) is 0 Å². The number of nitrogens with zero attached hydrogens (tertiary/aromatic N) is 1. The van der Waals surface area contributed by atoms with Crippen LogP contribution in [0.3, 0.4) is 0 Å². The maximum Gasteiger partial charge on any atom is 0.120 e. The van der Waals surface area contributed by atoms with E-state index in [1.807, 2.05) is 6.07 Å². The van der Waals surface area contributed by atoms with Crippen LogP contribution in [0.2, 0.25) is 0 Å². The van der Waals surface area contributed by atoms with E-state index in [9.17, 15) is 0 Å². The molecule has 1 N–H and O–H groups in total. The monoisotopic (exact) mass is 244 g/mol. The Morgan fingerprint density at radius 2 is 2.17 bits per heavy atom. The van der Waals surface area contributed by atoms with Crippen molar-refractivity contribution in [3.8, 4) is 5.75 Å². The van der Waals surface area contributed by atoms with Crippen molar-refractivity contribution in [2.75, 3.05) is 13.7 Å². The molecule has 0 spiro atoms. The number of fused-ring (bicyclic) bond motifs is 1. The van der Waals surface area contributed by atoms with Crippen molar-refractivity contribution in [3.05, 3.63) is 30.0 Å². The Balaban J connectivity index is 2.04. The van der Waals surface area contributed by atoms with E-state index in [0.29, 0.717) is 6.04 Å². The Morgan fingerprint density at radius 3 is 2.89 bits per heavy atom. The summed E-state index contributed by atoms with van der Waals surface area (Å²) in [4.78, 5) is 0. The summed E-state index contributed by atoms with van der Waals surface area (Å²) >= 11 is 0. The van der Waals surface area contributed by atoms with Gasteiger partial charge in [-0.15, -0.1) is 0 Å². The molecular formula is C15H20N2O. The van der Waals surface area contributed by atoms with E-state index in [-0.39, 0.29) is 0 Å². The van der Waals surface area contributed by atoms with Gasteiger partial charge in [-0.25, -0.2) is 0 Å². The second-order valence-electron chi connectivity index (χ2n) is 5.06. The van der Waals surface area contributed by atoms with E-state index in [4.69, 9.17) is 4.74 Å². The lowest BCUT2D eigenvalue weighted by Gasteiger charge is -2.24. The van der Waals surface area contributed by atoms with Crippen molar-refractivity contribution in [3.63, 3.8) is 0 Å². The van der Waals surface area contributed by atoms with Crippen LogP contribution in [0.15, 0.2) is 24.3 Å². The minimum absolute atomic E-state index is 0.502. The molecule has 0 radical (unpaired) electrons. The van der Waals surface area contributed by atoms with Crippen molar-refractivity contribution < 1.29 is 4.74 Å². The third-order valence-electron chi connectivity index (χ3n) is 3.96. The average molecular weight is 244 g/mol. The molecular weight excluding hydrogens is 224 g/mol. The summed E-state index contributed by atoms with van der Waals surface area (Å²) < 4.78 is 7.60. The molecule has 96 valence electrons. The van der Waals surface area contributed by atoms with Crippen molar-refractivity contribution in [2.45, 2.75) is 25.3 Å². The Labute approximate surface area is 108 Å². The van der Waals surface area contributed by atoms with E-state index >= 15 is 0 Å². The highest BCUT2D eigenvalue weighted by molar-refractivity contribution is 5.82. The Morgan fingerprint density at radius 1 is 1.28 bits per heavy atom. The molecule has 1 atom stereocenters. The molecule has 1 saturated heterocycles. The van der Waals surface area contributed by atoms with Gasteiger partial charge in [0.2, 0.25) is 0 Å². The van der Waals surface area contributed by atoms with Crippen LogP contribution in [0.4, 0.5) is 0 Å². The van der Waals surface area contributed by atoms with Crippen molar-refractivity contribution in [1.82, 2.24) is 9.88 Å². The normalized spacial score (nSPS) is 20.2. The highest BCUT2D eigenvalue weighted by Crippen LogP contribution is 2.30. The molecule has 3 heteroatoms. The van der Waals surface area contributed by atoms with Crippen LogP contribution in [0.25, 0.3) is 10.9 Å². The van der Waals surface area contributed by atoms with Gasteiger partial charge in [0.05, 0.1) is 12.6 Å². The summed E-state index contributed by atoms with van der Waals surface area (Å²) in [5, 5.41) is 4.91. The standard InChI is InChI=1S/C15H20N2O/c1-17-14-10-12(18-2)7-6-11(14)9-15(17)13-5-3-4-8-16-13/h6-7,9-10,13,16H,3-5,8H2,1-2H3. The quantitative estimate of drug-likeness (QED) is 0.879. The van der Waals surface area contributed by atoms with Gasteiger partial charge >= 0.3 is 0 Å². The minimum atomic E-state index is 0.502. The molecule has 0 saturated carbocycles. The zero-order valence-corrected chi connectivity index (χ0v) is 11.1. The molecule has 0 aliphatic carbocycles. The molecule has 3 nitrogen and oxygen atoms in total. The second kappa shape index (κ2) is 4.65. The van der Waals surface area contributed by atoms with Crippen LogP contribution < -0.4 is 10.1 Å². The zero-order valence-electron chi connectivity index (χ0n) is 11.1. The molecule has 1 aromatic heterocycles. The zero-order chi connectivity index (χ0) is 12.5. The van der Waals surface area contributed by atoms with Crippen LogP contribution in [0, 0.1) is 0 Å². The maximum atomic E-state index is 5.30. The van der Waals surface area contributed by atoms with Gasteiger partial charge in [-0.2, -0.15) is 0 Å². The number of benzene rings is 1. The Hall–Kier alpha value is -1.48. The summed E-state index contributed by atoms with van der Waals surface area (Å²) in [6.07, 6.45) is 3.86. The largest absolute Gasteiger partial charge is 0.497 e. The number of ether oxygens (including phenoxy) is 1. The van der Waals surface area contributed by atoms with Crippen LogP contribution in [-0.2, 0) is 7.05 Å². The molecule has 0 amide bonds. The number of aromatic nitrogens is 1. The van der Waals surface area contributed by atoms with E-state index < -0.39 is 0 Å². The molecule has 1 unspecified atom stereocenters. The number of methoxy groups -OCH3 is 1. The third-order valence-corrected chi connectivity index (χ3v) is 3.96. The number of piperidine rings is 1. The minimum Gasteiger partial charge on any atom is -0.497 e. The summed E-state index contributed by atoms with van der Waals surface area (Å²) in [5.41, 5.74) is 2.63. The van der Waals surface area contributed by atoms with E-state index in [0.717, 1.165) is 12.3 Å². The third kappa shape index (κ3) is 1.89. The van der Waals surface area contributed by atoms with Crippen LogP contribution >= 0.6 is 0 Å². The van der Waals surface area contributed by atoms with Crippen molar-refractivity contribution in [1.29, 1.82) is 0 Å². The van der Waals surface area contributed by atoms with E-state index in [1.165, 1.54) is 35.9 Å². The van der Waals surface area contributed by atoms with Crippen LogP contribution in [0.5, 0.6) is 5.75 Å². The summed E-state index contributed by atoms with van der Waals surface area (Å²) in [7, 11) is 3.86. The van der Waals surface area contributed by atoms with Crippen LogP contribution in [0.1, 0.15) is 31.0 Å². The summed E-state index contributed by atoms with van der Waals surface area (Å²) in [6.45, 7) is 1.13. The molecule has 1 aliphatic rings. The second-order valence-corrected chi connectivity index (χ2v) is 5.06. The lowest BCUT2D eigenvalue weighted by atomic mass is 10.0. The first-order valence-electron chi connectivity index (χ1n) is 6.66. The summed E-state index contributed by atoms with van der Waals surface area (Å²) in [5.74, 6) is 0.923. The fraction of sp³-hybridized carbons (Fsp3) is 0.467. The van der Waals surface area contributed by atoms with Gasteiger partial charge in [0.15, 0.2) is 0 Å². The lowest BCUT2D eigenvalue weighted by molar-refractivity contribution is 0.399. The number of nitrogens with one attached hydrogen (secondary N) is 1. The summed E-state index contributed by atoms with van der Waals surface area (Å²) in [6, 6.07) is 9.09. The number of rotatable bonds is 2. The fourth-order valence-corrected chi connectivity index (χ4v) is 2.90. The Bertz CT molecular complexity index is 553. The van der Waals surface area contributed by atoms with Gasteiger partial charge in [-0.05, 0) is 37.6 Å². The predicted molar refractivity (Wildman–Crippen MR) is 74.1 cm³/mol. The number of hydrogen-bond donors (Lipinski definition) is 1. The molecule has 2 aromatic rings.